The largest absolute Gasteiger partial charge is 0.505 e. The molecular weight excluding hydrogens is 410 g/mol. The van der Waals surface area contributed by atoms with Crippen LogP contribution in [-0.4, -0.2) is 23.1 Å². The van der Waals surface area contributed by atoms with Gasteiger partial charge in [0.25, 0.3) is 5.91 Å². The molecule has 0 aliphatic carbocycles. The van der Waals surface area contributed by atoms with E-state index in [0.717, 1.165) is 0 Å². The van der Waals surface area contributed by atoms with Gasteiger partial charge in [-0.3, -0.25) is 4.79 Å². The number of amides is 1. The molecule has 0 spiro atoms. The zero-order valence-corrected chi connectivity index (χ0v) is 17.2. The number of nitriles is 1. The second-order valence-corrected chi connectivity index (χ2v) is 6.75. The fourth-order valence-corrected chi connectivity index (χ4v) is 3.12. The first kappa shape index (κ1) is 20.6. The summed E-state index contributed by atoms with van der Waals surface area (Å²) in [4.78, 5) is 17.1. The maximum absolute atomic E-state index is 13.1. The Bertz CT molecular complexity index is 1380. The molecular formula is C23H17N5O4. The van der Waals surface area contributed by atoms with Gasteiger partial charge in [0.15, 0.2) is 5.75 Å². The van der Waals surface area contributed by atoms with Crippen LogP contribution in [0.4, 0.5) is 17.4 Å². The predicted octanol–water partition coefficient (Wildman–Crippen LogP) is 5.39. The van der Waals surface area contributed by atoms with Crippen molar-refractivity contribution in [1.82, 2.24) is 4.98 Å². The van der Waals surface area contributed by atoms with Crippen molar-refractivity contribution >= 4 is 34.1 Å². The van der Waals surface area contributed by atoms with Gasteiger partial charge in [-0.25, -0.2) is 0 Å². The van der Waals surface area contributed by atoms with Crippen molar-refractivity contribution < 1.29 is 19.1 Å². The Morgan fingerprint density at radius 2 is 1.94 bits per heavy atom. The Morgan fingerprint density at radius 1 is 1.19 bits per heavy atom. The summed E-state index contributed by atoms with van der Waals surface area (Å²) in [5, 5.41) is 31.7. The lowest BCUT2D eigenvalue weighted by Gasteiger charge is -2.12. The second kappa shape index (κ2) is 8.57. The Labute approximate surface area is 182 Å². The first-order valence-electron chi connectivity index (χ1n) is 9.49. The van der Waals surface area contributed by atoms with Gasteiger partial charge in [0.05, 0.1) is 18.4 Å². The fourth-order valence-electron chi connectivity index (χ4n) is 3.12. The van der Waals surface area contributed by atoms with Gasteiger partial charge in [-0.2, -0.15) is 10.2 Å². The lowest BCUT2D eigenvalue weighted by Crippen LogP contribution is -2.12. The van der Waals surface area contributed by atoms with Crippen molar-refractivity contribution in [2.24, 2.45) is 10.2 Å². The number of aromatic nitrogens is 1. The minimum absolute atomic E-state index is 0.0289. The highest BCUT2D eigenvalue weighted by Crippen LogP contribution is 2.38. The number of phenolic OH excluding ortho intramolecular Hbond substituents is 1. The number of nitrogens with one attached hydrogen (secondary N) is 1. The van der Waals surface area contributed by atoms with E-state index in [-0.39, 0.29) is 28.8 Å². The number of aromatic hydroxyl groups is 1. The van der Waals surface area contributed by atoms with E-state index in [1.54, 1.807) is 62.6 Å². The number of carbonyl (C=O) groups excluding carboxylic acids is 1. The zero-order valence-electron chi connectivity index (χ0n) is 17.2. The number of nitrogens with zero attached hydrogens (tertiary/aromatic N) is 4. The normalized spacial score (nSPS) is 10.9. The summed E-state index contributed by atoms with van der Waals surface area (Å²) in [7, 11) is 1.55. The van der Waals surface area contributed by atoms with Gasteiger partial charge >= 0.3 is 6.01 Å². The minimum atomic E-state index is -0.514. The van der Waals surface area contributed by atoms with Crippen LogP contribution in [0.2, 0.25) is 0 Å². The number of rotatable bonds is 5. The number of benzene rings is 3. The molecule has 4 rings (SSSR count). The number of azo groups is 1. The summed E-state index contributed by atoms with van der Waals surface area (Å²) in [6, 6.07) is 17.2. The first-order valence-corrected chi connectivity index (χ1v) is 9.49. The lowest BCUT2D eigenvalue weighted by molar-refractivity contribution is 0.102. The third-order valence-corrected chi connectivity index (χ3v) is 4.71. The number of phenols is 1. The molecule has 1 amide bonds. The van der Waals surface area contributed by atoms with Gasteiger partial charge in [-0.05, 0) is 48.0 Å². The van der Waals surface area contributed by atoms with E-state index in [9.17, 15) is 9.90 Å². The molecule has 9 heteroatoms. The van der Waals surface area contributed by atoms with Crippen LogP contribution < -0.4 is 10.1 Å². The Morgan fingerprint density at radius 3 is 2.62 bits per heavy atom. The monoisotopic (exact) mass is 427 g/mol. The van der Waals surface area contributed by atoms with Gasteiger partial charge in [-0.15, -0.1) is 5.11 Å². The van der Waals surface area contributed by atoms with E-state index in [2.05, 4.69) is 20.5 Å². The number of hydrogen-bond acceptors (Lipinski definition) is 8. The average Bonchev–Trinajstić information content (AvgIpc) is 3.17. The molecule has 0 unspecified atom stereocenters. The summed E-state index contributed by atoms with van der Waals surface area (Å²) >= 11 is 0. The molecule has 0 aliphatic rings. The van der Waals surface area contributed by atoms with Crippen LogP contribution in [0.3, 0.4) is 0 Å². The summed E-state index contributed by atoms with van der Waals surface area (Å²) < 4.78 is 10.3. The van der Waals surface area contributed by atoms with Gasteiger partial charge in [-0.1, -0.05) is 29.4 Å². The van der Waals surface area contributed by atoms with Crippen LogP contribution in [0.25, 0.3) is 10.8 Å². The standard InChI is InChI=1S/C23H17N5O4/c1-13-19(12-24)32-23(25-13)28-27-18-11-14-5-3-4-6-17(14)20(21(18)29)22(30)26-15-7-9-16(31-2)10-8-15/h3-11,29H,1-2H3,(H,26,30)/b28-27+. The molecule has 0 radical (unpaired) electrons. The van der Waals surface area contributed by atoms with E-state index >= 15 is 0 Å². The molecule has 9 nitrogen and oxygen atoms in total. The molecule has 2 N–H and O–H groups in total. The molecule has 158 valence electrons. The van der Waals surface area contributed by atoms with Crippen LogP contribution in [0.15, 0.2) is 69.2 Å². The molecule has 3 aromatic carbocycles. The molecule has 32 heavy (non-hydrogen) atoms. The Balaban J connectivity index is 1.74. The molecule has 0 atom stereocenters. The highest BCUT2D eigenvalue weighted by Gasteiger charge is 2.20. The summed E-state index contributed by atoms with van der Waals surface area (Å²) in [6.07, 6.45) is 0. The number of aryl methyl sites for hydroxylation is 1. The van der Waals surface area contributed by atoms with E-state index < -0.39 is 5.91 Å². The van der Waals surface area contributed by atoms with E-state index in [4.69, 9.17) is 14.4 Å². The zero-order chi connectivity index (χ0) is 22.7. The summed E-state index contributed by atoms with van der Waals surface area (Å²) in [5.74, 6) is -0.178. The number of oxazole rings is 1. The van der Waals surface area contributed by atoms with Gasteiger partial charge in [0.1, 0.15) is 17.5 Å². The molecule has 0 aliphatic heterocycles. The Hall–Kier alpha value is -4.71. The number of anilines is 1. The Kier molecular flexibility index (Phi) is 5.51. The van der Waals surface area contributed by atoms with E-state index in [1.165, 1.54) is 0 Å². The topological polar surface area (TPSA) is 133 Å². The van der Waals surface area contributed by atoms with Crippen molar-refractivity contribution in [1.29, 1.82) is 5.26 Å². The minimum Gasteiger partial charge on any atom is -0.505 e. The molecule has 0 bridgehead atoms. The van der Waals surface area contributed by atoms with Crippen molar-refractivity contribution in [2.45, 2.75) is 6.92 Å². The van der Waals surface area contributed by atoms with Crippen LogP contribution in [0.5, 0.6) is 11.5 Å². The smallest absolute Gasteiger partial charge is 0.342 e. The van der Waals surface area contributed by atoms with Crippen molar-refractivity contribution in [3.05, 3.63) is 71.6 Å². The number of hydrogen-bond donors (Lipinski definition) is 2. The quantitative estimate of drug-likeness (QED) is 0.410. The predicted molar refractivity (Wildman–Crippen MR) is 117 cm³/mol. The summed E-state index contributed by atoms with van der Waals surface area (Å²) in [6.45, 7) is 1.61. The van der Waals surface area contributed by atoms with Crippen LogP contribution in [0, 0.1) is 18.3 Å². The van der Waals surface area contributed by atoms with Gasteiger partial charge in [0, 0.05) is 5.69 Å². The fraction of sp³-hybridized carbons (Fsp3) is 0.0870. The molecule has 0 fully saturated rings. The highest BCUT2D eigenvalue weighted by molar-refractivity contribution is 6.16. The van der Waals surface area contributed by atoms with Crippen molar-refractivity contribution in [2.75, 3.05) is 12.4 Å². The SMILES string of the molecule is COc1ccc(NC(=O)c2c(O)c(/N=N/c3nc(C)c(C#N)o3)cc3ccccc23)cc1. The van der Waals surface area contributed by atoms with E-state index in [0.29, 0.717) is 27.9 Å². The van der Waals surface area contributed by atoms with Crippen molar-refractivity contribution in [3.8, 4) is 17.6 Å². The third-order valence-electron chi connectivity index (χ3n) is 4.71. The first-order chi connectivity index (χ1) is 15.5. The average molecular weight is 427 g/mol. The molecule has 0 saturated carbocycles. The third kappa shape index (κ3) is 3.97. The van der Waals surface area contributed by atoms with Crippen LogP contribution in [-0.2, 0) is 0 Å². The molecule has 0 saturated heterocycles. The molecule has 4 aromatic rings. The van der Waals surface area contributed by atoms with Crippen LogP contribution in [0.1, 0.15) is 21.8 Å². The highest BCUT2D eigenvalue weighted by atomic mass is 16.5. The number of methoxy groups -OCH3 is 1. The van der Waals surface area contributed by atoms with Crippen molar-refractivity contribution in [3.63, 3.8) is 0 Å². The molecule has 1 aromatic heterocycles. The maximum Gasteiger partial charge on any atom is 0.342 e. The van der Waals surface area contributed by atoms with Crippen LogP contribution >= 0.6 is 0 Å². The lowest BCUT2D eigenvalue weighted by atomic mass is 10.0. The molecule has 1 heterocycles. The van der Waals surface area contributed by atoms with E-state index in [1.807, 2.05) is 12.1 Å². The second-order valence-electron chi connectivity index (χ2n) is 6.75. The number of ether oxygens (including phenoxy) is 1. The number of fused-ring (bicyclic) bond motifs is 1. The number of carbonyl (C=O) groups is 1. The maximum atomic E-state index is 13.1. The van der Waals surface area contributed by atoms with Gasteiger partial charge < -0.3 is 19.6 Å². The van der Waals surface area contributed by atoms with Gasteiger partial charge in [0.2, 0.25) is 5.76 Å². The summed E-state index contributed by atoms with van der Waals surface area (Å²) in [5.41, 5.74) is 1.02.